The van der Waals surface area contributed by atoms with Crippen molar-refractivity contribution in [1.82, 2.24) is 4.90 Å². The van der Waals surface area contributed by atoms with Crippen molar-refractivity contribution >= 4 is 23.4 Å². The number of amides is 3. The summed E-state index contributed by atoms with van der Waals surface area (Å²) in [4.78, 5) is 42.9. The third-order valence-electron chi connectivity index (χ3n) is 6.54. The third kappa shape index (κ3) is 5.56. The van der Waals surface area contributed by atoms with Crippen LogP contribution >= 0.6 is 0 Å². The summed E-state index contributed by atoms with van der Waals surface area (Å²) in [6.07, 6.45) is 7.27. The van der Waals surface area contributed by atoms with Crippen LogP contribution in [0.15, 0.2) is 60.2 Å². The molecule has 1 atom stereocenters. The van der Waals surface area contributed by atoms with Gasteiger partial charge in [0.05, 0.1) is 25.8 Å². The maximum atomic E-state index is 13.6. The zero-order valence-corrected chi connectivity index (χ0v) is 20.4. The Bertz CT molecular complexity index is 1110. The maximum Gasteiger partial charge on any atom is 0.257 e. The molecule has 1 unspecified atom stereocenters. The Labute approximate surface area is 206 Å². The average molecular weight is 477 g/mol. The molecule has 2 aromatic carbocycles. The highest BCUT2D eigenvalue weighted by atomic mass is 16.5. The molecule has 1 aliphatic heterocycles. The highest BCUT2D eigenvalue weighted by Gasteiger charge is 2.44. The molecule has 0 aromatic heterocycles. The molecular weight excluding hydrogens is 444 g/mol. The summed E-state index contributed by atoms with van der Waals surface area (Å²) in [5.74, 6) is 0.260. The summed E-state index contributed by atoms with van der Waals surface area (Å²) >= 11 is 0. The van der Waals surface area contributed by atoms with E-state index in [2.05, 4.69) is 6.08 Å². The van der Waals surface area contributed by atoms with Crippen molar-refractivity contribution in [3.05, 3.63) is 65.7 Å². The molecule has 7 heteroatoms. The van der Waals surface area contributed by atoms with E-state index in [-0.39, 0.29) is 24.1 Å². The summed E-state index contributed by atoms with van der Waals surface area (Å²) < 4.78 is 10.8. The van der Waals surface area contributed by atoms with Gasteiger partial charge >= 0.3 is 0 Å². The summed E-state index contributed by atoms with van der Waals surface area (Å²) in [7, 11) is 1.55. The Kier molecular flexibility index (Phi) is 7.85. The fourth-order valence-electron chi connectivity index (χ4n) is 4.71. The molecule has 184 valence electrons. The van der Waals surface area contributed by atoms with E-state index in [1.807, 2.05) is 6.92 Å². The molecule has 1 fully saturated rings. The van der Waals surface area contributed by atoms with Gasteiger partial charge < -0.3 is 14.4 Å². The molecule has 2 aliphatic rings. The largest absolute Gasteiger partial charge is 0.497 e. The number of methoxy groups -OCH3 is 1. The van der Waals surface area contributed by atoms with Crippen LogP contribution < -0.4 is 14.4 Å². The molecule has 4 rings (SSSR count). The average Bonchev–Trinajstić information content (AvgIpc) is 3.18. The first-order valence-corrected chi connectivity index (χ1v) is 12.2. The van der Waals surface area contributed by atoms with E-state index in [9.17, 15) is 14.4 Å². The van der Waals surface area contributed by atoms with Crippen molar-refractivity contribution < 1.29 is 23.9 Å². The molecule has 0 saturated carbocycles. The van der Waals surface area contributed by atoms with Crippen LogP contribution in [0.5, 0.6) is 11.5 Å². The van der Waals surface area contributed by atoms with Crippen LogP contribution in [0.2, 0.25) is 0 Å². The molecule has 0 N–H and O–H groups in total. The van der Waals surface area contributed by atoms with Gasteiger partial charge in [-0.2, -0.15) is 0 Å². The second-order valence-corrected chi connectivity index (χ2v) is 8.80. The molecule has 1 saturated heterocycles. The predicted molar refractivity (Wildman–Crippen MR) is 134 cm³/mol. The zero-order valence-electron chi connectivity index (χ0n) is 20.4. The fraction of sp³-hybridized carbons (Fsp3) is 0.393. The Balaban J connectivity index is 1.60. The minimum Gasteiger partial charge on any atom is -0.497 e. The molecule has 7 nitrogen and oxygen atoms in total. The van der Waals surface area contributed by atoms with Gasteiger partial charge in [-0.15, -0.1) is 0 Å². The first kappa shape index (κ1) is 24.5. The van der Waals surface area contributed by atoms with Gasteiger partial charge in [0, 0.05) is 12.1 Å². The smallest absolute Gasteiger partial charge is 0.257 e. The molecule has 0 bridgehead atoms. The Hall–Kier alpha value is -3.61. The molecule has 35 heavy (non-hydrogen) atoms. The van der Waals surface area contributed by atoms with Crippen molar-refractivity contribution in [3.63, 3.8) is 0 Å². The minimum absolute atomic E-state index is 0.0409. The lowest BCUT2D eigenvalue weighted by Crippen LogP contribution is -2.46. The first-order chi connectivity index (χ1) is 17.0. The summed E-state index contributed by atoms with van der Waals surface area (Å²) in [5, 5.41) is 0. The van der Waals surface area contributed by atoms with E-state index in [1.165, 1.54) is 16.9 Å². The second-order valence-electron chi connectivity index (χ2n) is 8.80. The van der Waals surface area contributed by atoms with Crippen LogP contribution in [0.25, 0.3) is 0 Å². The lowest BCUT2D eigenvalue weighted by atomic mass is 9.96. The number of carbonyl (C=O) groups excluding carboxylic acids is 3. The summed E-state index contributed by atoms with van der Waals surface area (Å²) in [5.41, 5.74) is 2.22. The molecule has 2 aromatic rings. The molecular formula is C28H32N2O5. The predicted octanol–water partition coefficient (Wildman–Crippen LogP) is 4.76. The van der Waals surface area contributed by atoms with Crippen molar-refractivity contribution in [2.45, 2.75) is 51.5 Å². The number of carbonyl (C=O) groups is 3. The van der Waals surface area contributed by atoms with E-state index in [4.69, 9.17) is 9.47 Å². The highest BCUT2D eigenvalue weighted by molar-refractivity contribution is 6.23. The number of anilines is 1. The molecule has 0 spiro atoms. The van der Waals surface area contributed by atoms with Gasteiger partial charge in [-0.25, -0.2) is 4.90 Å². The van der Waals surface area contributed by atoms with Crippen LogP contribution in [-0.2, 0) is 9.59 Å². The lowest BCUT2D eigenvalue weighted by Gasteiger charge is -2.29. The first-order valence-electron chi connectivity index (χ1n) is 12.2. The monoisotopic (exact) mass is 476 g/mol. The van der Waals surface area contributed by atoms with Gasteiger partial charge in [-0.3, -0.25) is 14.4 Å². The number of imide groups is 1. The van der Waals surface area contributed by atoms with E-state index >= 15 is 0 Å². The number of allylic oxidation sites excluding steroid dienone is 1. The summed E-state index contributed by atoms with van der Waals surface area (Å²) in [6, 6.07) is 12.9. The fourth-order valence-corrected chi connectivity index (χ4v) is 4.71. The standard InChI is InChI=1S/C28H32N2O5/c1-3-35-23-14-12-22(13-15-23)30-26(31)19-25(28(30)33)29(17-16-20-8-5-4-6-9-20)27(32)21-10-7-11-24(18-21)34-2/h7-8,10-15,18,25H,3-6,9,16-17,19H2,1-2H3. The van der Waals surface area contributed by atoms with Gasteiger partial charge in [-0.05, 0) is 81.5 Å². The SMILES string of the molecule is CCOc1ccc(N2C(=O)CC(N(CCC3=CCCCC3)C(=O)c3cccc(OC)c3)C2=O)cc1. The minimum atomic E-state index is -0.850. The van der Waals surface area contributed by atoms with Crippen LogP contribution in [0, 0.1) is 0 Å². The zero-order chi connectivity index (χ0) is 24.8. The Morgan fingerprint density at radius 3 is 2.57 bits per heavy atom. The van der Waals surface area contributed by atoms with Crippen LogP contribution in [0.3, 0.4) is 0 Å². The number of hydrogen-bond acceptors (Lipinski definition) is 5. The third-order valence-corrected chi connectivity index (χ3v) is 6.54. The Morgan fingerprint density at radius 1 is 1.09 bits per heavy atom. The van der Waals surface area contributed by atoms with Gasteiger partial charge in [0.1, 0.15) is 17.5 Å². The van der Waals surface area contributed by atoms with Gasteiger partial charge in [-0.1, -0.05) is 17.7 Å². The van der Waals surface area contributed by atoms with Crippen molar-refractivity contribution in [1.29, 1.82) is 0 Å². The van der Waals surface area contributed by atoms with Crippen LogP contribution in [0.1, 0.15) is 55.8 Å². The quantitative estimate of drug-likeness (QED) is 0.385. The number of benzene rings is 2. The van der Waals surface area contributed by atoms with Crippen molar-refractivity contribution in [2.75, 3.05) is 25.2 Å². The topological polar surface area (TPSA) is 76.2 Å². The van der Waals surface area contributed by atoms with E-state index < -0.39 is 6.04 Å². The van der Waals surface area contributed by atoms with E-state index in [0.29, 0.717) is 42.3 Å². The van der Waals surface area contributed by atoms with E-state index in [0.717, 1.165) is 19.3 Å². The highest BCUT2D eigenvalue weighted by Crippen LogP contribution is 2.30. The number of ether oxygens (including phenoxy) is 2. The van der Waals surface area contributed by atoms with Gasteiger partial charge in [0.15, 0.2) is 0 Å². The second kappa shape index (κ2) is 11.2. The molecule has 3 amide bonds. The number of hydrogen-bond donors (Lipinski definition) is 0. The number of rotatable bonds is 9. The lowest BCUT2D eigenvalue weighted by molar-refractivity contribution is -0.122. The maximum absolute atomic E-state index is 13.6. The summed E-state index contributed by atoms with van der Waals surface area (Å²) in [6.45, 7) is 2.80. The molecule has 1 aliphatic carbocycles. The van der Waals surface area contributed by atoms with Gasteiger partial charge in [0.2, 0.25) is 5.91 Å². The van der Waals surface area contributed by atoms with Crippen LogP contribution in [0.4, 0.5) is 5.69 Å². The molecule has 0 radical (unpaired) electrons. The van der Waals surface area contributed by atoms with E-state index in [1.54, 1.807) is 60.5 Å². The van der Waals surface area contributed by atoms with Crippen molar-refractivity contribution in [2.24, 2.45) is 0 Å². The molecule has 1 heterocycles. The van der Waals surface area contributed by atoms with Crippen LogP contribution in [-0.4, -0.2) is 48.9 Å². The normalized spacial score (nSPS) is 17.8. The van der Waals surface area contributed by atoms with Gasteiger partial charge in [0.25, 0.3) is 11.8 Å². The number of nitrogens with zero attached hydrogens (tertiary/aromatic N) is 2. The van der Waals surface area contributed by atoms with Crippen molar-refractivity contribution in [3.8, 4) is 11.5 Å². The Morgan fingerprint density at radius 2 is 1.89 bits per heavy atom.